The van der Waals surface area contributed by atoms with E-state index < -0.39 is 5.91 Å². The number of hydrogen-bond donors (Lipinski definition) is 1. The van der Waals surface area contributed by atoms with Gasteiger partial charge in [0.2, 0.25) is 0 Å². The van der Waals surface area contributed by atoms with Gasteiger partial charge in [0.05, 0.1) is 17.8 Å². The molecule has 0 aliphatic carbocycles. The fraction of sp³-hybridized carbons (Fsp3) is 0.467. The second-order valence-electron chi connectivity index (χ2n) is 5.30. The second-order valence-corrected chi connectivity index (χ2v) is 5.30. The minimum absolute atomic E-state index is 0.174. The zero-order chi connectivity index (χ0) is 15.0. The number of carbonyl (C=O) groups is 2. The van der Waals surface area contributed by atoms with Crippen molar-refractivity contribution < 1.29 is 19.2 Å². The molecule has 5 nitrogen and oxygen atoms in total. The minimum atomic E-state index is -0.426. The van der Waals surface area contributed by atoms with Crippen LogP contribution >= 0.6 is 0 Å². The molecule has 0 bridgehead atoms. The van der Waals surface area contributed by atoms with Crippen molar-refractivity contribution in [3.8, 4) is 0 Å². The first kappa shape index (κ1) is 16.3. The van der Waals surface area contributed by atoms with Crippen LogP contribution in [0.25, 0.3) is 0 Å². The number of nitrogens with one attached hydrogen (secondary N) is 1. The van der Waals surface area contributed by atoms with E-state index in [2.05, 4.69) is 5.48 Å². The summed E-state index contributed by atoms with van der Waals surface area (Å²) in [6, 6.07) is 6.55. The van der Waals surface area contributed by atoms with Crippen molar-refractivity contribution in [1.29, 1.82) is 0 Å². The number of hydrogen-bond acceptors (Lipinski definition) is 4. The quantitative estimate of drug-likeness (QED) is 0.473. The maximum atomic E-state index is 11.8. The van der Waals surface area contributed by atoms with Gasteiger partial charge in [0.1, 0.15) is 0 Å². The van der Waals surface area contributed by atoms with Crippen molar-refractivity contribution in [3.63, 3.8) is 0 Å². The molecule has 1 N–H and O–H groups in total. The van der Waals surface area contributed by atoms with Crippen molar-refractivity contribution in [1.82, 2.24) is 5.48 Å². The van der Waals surface area contributed by atoms with Gasteiger partial charge in [-0.2, -0.15) is 0 Å². The Morgan fingerprint density at radius 1 is 1.25 bits per heavy atom. The third kappa shape index (κ3) is 5.95. The molecule has 20 heavy (non-hydrogen) atoms. The lowest BCUT2D eigenvalue weighted by molar-refractivity contribution is -0.0234. The third-order valence-electron chi connectivity index (χ3n) is 2.42. The summed E-state index contributed by atoms with van der Waals surface area (Å²) in [5.41, 5.74) is 2.78. The number of rotatable bonds is 7. The molecular weight excluding hydrogens is 258 g/mol. The summed E-state index contributed by atoms with van der Waals surface area (Å²) in [6.07, 6.45) is 1.32. The molecule has 0 saturated carbocycles. The van der Waals surface area contributed by atoms with Gasteiger partial charge in [-0.05, 0) is 33.3 Å². The third-order valence-corrected chi connectivity index (χ3v) is 2.42. The Bertz CT molecular complexity index is 451. The van der Waals surface area contributed by atoms with E-state index in [1.165, 1.54) is 0 Å². The van der Waals surface area contributed by atoms with E-state index in [9.17, 15) is 9.59 Å². The molecule has 0 atom stereocenters. The predicted molar refractivity (Wildman–Crippen MR) is 75.6 cm³/mol. The Labute approximate surface area is 119 Å². The van der Waals surface area contributed by atoms with Crippen LogP contribution in [0.5, 0.6) is 0 Å². The van der Waals surface area contributed by atoms with Crippen molar-refractivity contribution in [2.45, 2.75) is 32.8 Å². The first-order chi connectivity index (χ1) is 9.44. The highest BCUT2D eigenvalue weighted by Gasteiger charge is 2.11. The molecule has 1 aromatic carbocycles. The standard InChI is InChI=1S/C15H21NO4/c1-15(2,3)19-9-6-10-20-16-14(18)13-8-5-4-7-12(13)11-17/h4-5,7-8,11H,6,9-10H2,1-3H3,(H,16,18). The molecule has 0 spiro atoms. The lowest BCUT2D eigenvalue weighted by atomic mass is 10.1. The molecule has 0 aromatic heterocycles. The summed E-state index contributed by atoms with van der Waals surface area (Å²) in [4.78, 5) is 27.7. The second kappa shape index (κ2) is 7.77. The first-order valence-electron chi connectivity index (χ1n) is 6.54. The monoisotopic (exact) mass is 279 g/mol. The zero-order valence-corrected chi connectivity index (χ0v) is 12.1. The Balaban J connectivity index is 2.29. The van der Waals surface area contributed by atoms with Crippen molar-refractivity contribution >= 4 is 12.2 Å². The molecule has 0 aliphatic rings. The highest BCUT2D eigenvalue weighted by molar-refractivity contribution is 6.00. The van der Waals surface area contributed by atoms with Gasteiger partial charge in [-0.25, -0.2) is 5.48 Å². The number of amides is 1. The van der Waals surface area contributed by atoms with Crippen LogP contribution in [0.4, 0.5) is 0 Å². The number of aldehydes is 1. The molecule has 1 aromatic rings. The molecule has 0 radical (unpaired) electrons. The largest absolute Gasteiger partial charge is 0.376 e. The van der Waals surface area contributed by atoms with Crippen LogP contribution in [0.15, 0.2) is 24.3 Å². The SMILES string of the molecule is CC(C)(C)OCCCONC(=O)c1ccccc1C=O. The molecule has 1 amide bonds. The Kier molecular flexibility index (Phi) is 6.35. The Morgan fingerprint density at radius 2 is 1.95 bits per heavy atom. The van der Waals surface area contributed by atoms with Crippen LogP contribution in [-0.4, -0.2) is 31.0 Å². The summed E-state index contributed by atoms with van der Waals surface area (Å²) in [6.45, 7) is 6.85. The highest BCUT2D eigenvalue weighted by atomic mass is 16.7. The number of hydroxylamine groups is 1. The lowest BCUT2D eigenvalue weighted by Crippen LogP contribution is -2.26. The number of carbonyl (C=O) groups excluding carboxylic acids is 2. The van der Waals surface area contributed by atoms with Crippen molar-refractivity contribution in [3.05, 3.63) is 35.4 Å². The van der Waals surface area contributed by atoms with E-state index >= 15 is 0 Å². The molecule has 0 aliphatic heterocycles. The summed E-state index contributed by atoms with van der Waals surface area (Å²) >= 11 is 0. The van der Waals surface area contributed by atoms with Crippen LogP contribution in [0, 0.1) is 0 Å². The van der Waals surface area contributed by atoms with Gasteiger partial charge in [0, 0.05) is 12.2 Å². The van der Waals surface area contributed by atoms with Gasteiger partial charge in [-0.3, -0.25) is 14.4 Å². The van der Waals surface area contributed by atoms with Gasteiger partial charge in [0.25, 0.3) is 5.91 Å². The van der Waals surface area contributed by atoms with Gasteiger partial charge < -0.3 is 4.74 Å². The molecule has 110 valence electrons. The normalized spacial score (nSPS) is 11.2. The van der Waals surface area contributed by atoms with Crippen LogP contribution in [0.2, 0.25) is 0 Å². The van der Waals surface area contributed by atoms with E-state index in [1.807, 2.05) is 20.8 Å². The molecule has 0 fully saturated rings. The van der Waals surface area contributed by atoms with E-state index in [-0.39, 0.29) is 5.60 Å². The van der Waals surface area contributed by atoms with E-state index in [1.54, 1.807) is 24.3 Å². The summed E-state index contributed by atoms with van der Waals surface area (Å²) in [5.74, 6) is -0.426. The lowest BCUT2D eigenvalue weighted by Gasteiger charge is -2.19. The molecule has 0 saturated heterocycles. The molecule has 5 heteroatoms. The summed E-state index contributed by atoms with van der Waals surface area (Å²) < 4.78 is 5.52. The summed E-state index contributed by atoms with van der Waals surface area (Å²) in [7, 11) is 0. The van der Waals surface area contributed by atoms with Gasteiger partial charge >= 0.3 is 0 Å². The number of benzene rings is 1. The van der Waals surface area contributed by atoms with Crippen LogP contribution in [-0.2, 0) is 9.57 Å². The van der Waals surface area contributed by atoms with Crippen LogP contribution < -0.4 is 5.48 Å². The Hall–Kier alpha value is -1.72. The smallest absolute Gasteiger partial charge is 0.275 e. The maximum Gasteiger partial charge on any atom is 0.275 e. The highest BCUT2D eigenvalue weighted by Crippen LogP contribution is 2.07. The van der Waals surface area contributed by atoms with Crippen molar-refractivity contribution in [2.75, 3.05) is 13.2 Å². The maximum absolute atomic E-state index is 11.8. The van der Waals surface area contributed by atoms with Gasteiger partial charge in [-0.15, -0.1) is 0 Å². The fourth-order valence-electron chi connectivity index (χ4n) is 1.49. The van der Waals surface area contributed by atoms with Gasteiger partial charge in [-0.1, -0.05) is 18.2 Å². The molecule has 1 rings (SSSR count). The van der Waals surface area contributed by atoms with Crippen LogP contribution in [0.1, 0.15) is 47.9 Å². The summed E-state index contributed by atoms with van der Waals surface area (Å²) in [5, 5.41) is 0. The number of ether oxygens (including phenoxy) is 1. The van der Waals surface area contributed by atoms with E-state index in [0.29, 0.717) is 37.0 Å². The minimum Gasteiger partial charge on any atom is -0.376 e. The molecule has 0 heterocycles. The van der Waals surface area contributed by atoms with Crippen molar-refractivity contribution in [2.24, 2.45) is 0 Å². The molecule has 0 unspecified atom stereocenters. The van der Waals surface area contributed by atoms with Crippen LogP contribution in [0.3, 0.4) is 0 Å². The Morgan fingerprint density at radius 3 is 2.60 bits per heavy atom. The zero-order valence-electron chi connectivity index (χ0n) is 12.1. The fourth-order valence-corrected chi connectivity index (χ4v) is 1.49. The van der Waals surface area contributed by atoms with E-state index in [4.69, 9.17) is 9.57 Å². The average Bonchev–Trinajstić information content (AvgIpc) is 2.41. The van der Waals surface area contributed by atoms with E-state index in [0.717, 1.165) is 0 Å². The van der Waals surface area contributed by atoms with Gasteiger partial charge in [0.15, 0.2) is 6.29 Å². The first-order valence-corrected chi connectivity index (χ1v) is 6.54. The average molecular weight is 279 g/mol. The molecular formula is C15H21NO4. The topological polar surface area (TPSA) is 64.6 Å². The predicted octanol–water partition coefficient (Wildman–Crippen LogP) is 2.37.